The molecule has 0 amide bonds. The third-order valence-electron chi connectivity index (χ3n) is 12.9. The van der Waals surface area contributed by atoms with Crippen molar-refractivity contribution >= 4 is 70.9 Å². The first kappa shape index (κ1) is 36.4. The number of imidazole rings is 1. The van der Waals surface area contributed by atoms with Crippen LogP contribution in [-0.4, -0.2) is 23.5 Å². The molecule has 0 radical (unpaired) electrons. The van der Waals surface area contributed by atoms with Crippen LogP contribution in [0.3, 0.4) is 0 Å². The van der Waals surface area contributed by atoms with Crippen LogP contribution in [0.5, 0.6) is 11.5 Å². The number of fused-ring (bicyclic) bond motifs is 10. The van der Waals surface area contributed by atoms with E-state index in [2.05, 4.69) is 204 Å². The molecule has 6 aromatic heterocycles. The lowest BCUT2D eigenvalue weighted by molar-refractivity contribution is -0.572. The minimum atomic E-state index is -0.0377. The Labute approximate surface area is 368 Å². The van der Waals surface area contributed by atoms with Crippen molar-refractivity contribution in [2.75, 3.05) is 0 Å². The van der Waals surface area contributed by atoms with Gasteiger partial charge in [0, 0.05) is 56.8 Å². The number of hydrogen-bond donors (Lipinski definition) is 0. The van der Waals surface area contributed by atoms with E-state index in [9.17, 15) is 0 Å². The maximum atomic E-state index is 6.75. The van der Waals surface area contributed by atoms with Crippen molar-refractivity contribution < 1.29 is 9.30 Å². The van der Waals surface area contributed by atoms with Crippen LogP contribution in [0.15, 0.2) is 188 Å². The van der Waals surface area contributed by atoms with Crippen LogP contribution in [0.4, 0.5) is 0 Å². The molecule has 0 aliphatic rings. The molecule has 0 saturated carbocycles. The van der Waals surface area contributed by atoms with Crippen LogP contribution in [-0.2, 0) is 5.41 Å². The van der Waals surface area contributed by atoms with E-state index in [1.165, 1.54) is 54.8 Å². The molecule has 0 aliphatic carbocycles. The molecule has 7 heteroatoms. The monoisotopic (exact) mass is 824 g/mol. The van der Waals surface area contributed by atoms with Gasteiger partial charge >= 0.3 is 0 Å². The van der Waals surface area contributed by atoms with E-state index in [0.717, 1.165) is 44.3 Å². The number of rotatable bonds is 6. The van der Waals surface area contributed by atoms with Gasteiger partial charge in [-0.3, -0.25) is 18.7 Å². The zero-order valence-corrected chi connectivity index (χ0v) is 35.5. The van der Waals surface area contributed by atoms with Gasteiger partial charge in [-0.05, 0) is 88.8 Å². The quantitative estimate of drug-likeness (QED) is 0.124. The first-order valence-corrected chi connectivity index (χ1v) is 21.7. The molecule has 64 heavy (non-hydrogen) atoms. The topological polar surface area (TPSA) is 53.2 Å². The molecule has 0 N–H and O–H groups in total. The normalized spacial score (nSPS) is 12.3. The summed E-state index contributed by atoms with van der Waals surface area (Å²) in [5.74, 6) is 2.95. The molecular formula is C57H40N6O. The van der Waals surface area contributed by atoms with Gasteiger partial charge in [0.15, 0.2) is 5.82 Å². The minimum Gasteiger partial charge on any atom is -0.458 e. The molecule has 0 spiro atoms. The summed E-state index contributed by atoms with van der Waals surface area (Å²) in [6, 6.07) is 62.2. The van der Waals surface area contributed by atoms with Gasteiger partial charge in [0.1, 0.15) is 17.3 Å². The second-order valence-electron chi connectivity index (χ2n) is 17.7. The molecule has 0 bridgehead atoms. The van der Waals surface area contributed by atoms with E-state index >= 15 is 0 Å². The van der Waals surface area contributed by atoms with Gasteiger partial charge in [0.25, 0.3) is 6.33 Å². The van der Waals surface area contributed by atoms with Gasteiger partial charge < -0.3 is 9.14 Å². The Bertz CT molecular complexity index is 3900. The Morgan fingerprint density at radius 1 is 0.484 bits per heavy atom. The van der Waals surface area contributed by atoms with E-state index in [-0.39, 0.29) is 5.41 Å². The fourth-order valence-corrected chi connectivity index (χ4v) is 9.83. The highest BCUT2D eigenvalue weighted by molar-refractivity contribution is 6.23. The van der Waals surface area contributed by atoms with E-state index < -0.39 is 0 Å². The van der Waals surface area contributed by atoms with Crippen molar-refractivity contribution in [3.63, 3.8) is 0 Å². The molecule has 304 valence electrons. The van der Waals surface area contributed by atoms with E-state index in [1.807, 2.05) is 22.9 Å². The Balaban J connectivity index is 0.926. The van der Waals surface area contributed by atoms with Crippen LogP contribution in [0.25, 0.3) is 99.4 Å². The summed E-state index contributed by atoms with van der Waals surface area (Å²) in [6.45, 7) is 6.71. The van der Waals surface area contributed by atoms with Crippen LogP contribution >= 0.6 is 0 Å². The van der Waals surface area contributed by atoms with E-state index in [0.29, 0.717) is 17.3 Å². The van der Waals surface area contributed by atoms with Crippen molar-refractivity contribution in [3.05, 3.63) is 200 Å². The van der Waals surface area contributed by atoms with Gasteiger partial charge in [-0.15, -0.1) is 0 Å². The van der Waals surface area contributed by atoms with Crippen molar-refractivity contribution in [1.29, 1.82) is 0 Å². The van der Waals surface area contributed by atoms with Crippen LogP contribution in [0, 0.1) is 6.33 Å². The highest BCUT2D eigenvalue weighted by Gasteiger charge is 2.22. The molecular weight excluding hydrogens is 785 g/mol. The Hall–Kier alpha value is -8.29. The largest absolute Gasteiger partial charge is 0.458 e. The number of ether oxygens (including phenoxy) is 1. The summed E-state index contributed by atoms with van der Waals surface area (Å²) in [5.41, 5.74) is 12.3. The summed E-state index contributed by atoms with van der Waals surface area (Å²) in [7, 11) is 0. The molecule has 13 aromatic rings. The van der Waals surface area contributed by atoms with Crippen LogP contribution in [0.2, 0.25) is 0 Å². The smallest absolute Gasteiger partial charge is 0.271 e. The average molecular weight is 825 g/mol. The predicted molar refractivity (Wildman–Crippen MR) is 259 cm³/mol. The second-order valence-corrected chi connectivity index (χ2v) is 17.7. The Kier molecular flexibility index (Phi) is 7.73. The predicted octanol–water partition coefficient (Wildman–Crippen LogP) is 13.5. The van der Waals surface area contributed by atoms with Gasteiger partial charge in [0.05, 0.1) is 44.3 Å². The number of benzene rings is 7. The van der Waals surface area contributed by atoms with Crippen LogP contribution in [0.1, 0.15) is 26.3 Å². The standard InChI is InChI=1S/C57H40N6O/c1-57(2,3)38-25-27-59-55(30-38)62-50-24-21-37(36-13-5-4-6-14-36)29-45(50)44-23-22-40(33-53(44)62)64-41-26-28-58-54(34-41)61-35-60(51-19-11-12-20-52(51)61)39-31-46-42-15-7-9-17-48(42)63-49-18-10-8-16-43(49)47(32-39)56(46)63/h4-34H,1-3H3. The van der Waals surface area contributed by atoms with Crippen molar-refractivity contribution in [1.82, 2.24) is 23.5 Å². The number of para-hydroxylation sites is 4. The maximum absolute atomic E-state index is 6.75. The molecule has 6 heterocycles. The fourth-order valence-electron chi connectivity index (χ4n) is 9.83. The lowest BCUT2D eigenvalue weighted by Crippen LogP contribution is -2.29. The lowest BCUT2D eigenvalue weighted by Gasteiger charge is -2.20. The molecule has 0 fully saturated rings. The van der Waals surface area contributed by atoms with Crippen molar-refractivity contribution in [3.8, 4) is 39.9 Å². The number of aromatic nitrogens is 6. The summed E-state index contributed by atoms with van der Waals surface area (Å²) >= 11 is 0. The fraction of sp³-hybridized carbons (Fsp3) is 0.0702. The molecule has 7 aromatic carbocycles. The second kappa shape index (κ2) is 13.6. The molecule has 7 nitrogen and oxygen atoms in total. The highest BCUT2D eigenvalue weighted by Crippen LogP contribution is 2.41. The zero-order valence-electron chi connectivity index (χ0n) is 35.5. The molecule has 0 aliphatic heterocycles. The van der Waals surface area contributed by atoms with Crippen LogP contribution < -0.4 is 9.30 Å². The first-order chi connectivity index (χ1) is 31.4. The summed E-state index contributed by atoms with van der Waals surface area (Å²) < 4.78 is 15.6. The minimum absolute atomic E-state index is 0.0377. The summed E-state index contributed by atoms with van der Waals surface area (Å²) in [4.78, 5) is 9.82. The Morgan fingerprint density at radius 2 is 1.14 bits per heavy atom. The highest BCUT2D eigenvalue weighted by atomic mass is 16.5. The maximum Gasteiger partial charge on any atom is 0.271 e. The lowest BCUT2D eigenvalue weighted by atomic mass is 9.88. The third kappa shape index (κ3) is 5.50. The zero-order chi connectivity index (χ0) is 42.7. The number of nitrogens with zero attached hydrogens (tertiary/aromatic N) is 6. The summed E-state index contributed by atoms with van der Waals surface area (Å²) in [6.07, 6.45) is 7.43. The molecule has 0 saturated heterocycles. The number of pyridine rings is 2. The SMILES string of the molecule is CC(C)(C)c1ccnc(-n2c3ccc(-c4ccccc4)cc3c3ccc(Oc4ccnc(-n5[c-][n+](-c6cc7c8ccccc8n8c9ccccc9c(c6)c78)c6ccccc65)c4)cc32)c1. The third-order valence-corrected chi connectivity index (χ3v) is 12.9. The summed E-state index contributed by atoms with van der Waals surface area (Å²) in [5, 5.41) is 7.18. The van der Waals surface area contributed by atoms with E-state index in [1.54, 1.807) is 6.20 Å². The van der Waals surface area contributed by atoms with Gasteiger partial charge in [-0.25, -0.2) is 4.98 Å². The Morgan fingerprint density at radius 3 is 1.91 bits per heavy atom. The first-order valence-electron chi connectivity index (χ1n) is 21.7. The number of hydrogen-bond acceptors (Lipinski definition) is 3. The van der Waals surface area contributed by atoms with Gasteiger partial charge in [-0.2, -0.15) is 0 Å². The van der Waals surface area contributed by atoms with Gasteiger partial charge in [-0.1, -0.05) is 118 Å². The van der Waals surface area contributed by atoms with Crippen molar-refractivity contribution in [2.24, 2.45) is 0 Å². The van der Waals surface area contributed by atoms with E-state index in [4.69, 9.17) is 14.7 Å². The molecule has 0 unspecified atom stereocenters. The average Bonchev–Trinajstić information content (AvgIpc) is 4.07. The van der Waals surface area contributed by atoms with Crippen molar-refractivity contribution in [2.45, 2.75) is 26.2 Å². The molecule has 0 atom stereocenters. The van der Waals surface area contributed by atoms with Gasteiger partial charge in [0.2, 0.25) is 0 Å². The molecule has 13 rings (SSSR count).